The van der Waals surface area contributed by atoms with E-state index in [1.807, 2.05) is 43.3 Å². The number of nitrogens with one attached hydrogen (secondary N) is 1. The summed E-state index contributed by atoms with van der Waals surface area (Å²) in [5, 5.41) is 8.70. The summed E-state index contributed by atoms with van der Waals surface area (Å²) in [4.78, 5) is 6.84. The van der Waals surface area contributed by atoms with Gasteiger partial charge in [-0.05, 0) is 30.5 Å². The number of ether oxygens (including phenoxy) is 1. The van der Waals surface area contributed by atoms with Crippen molar-refractivity contribution in [2.75, 3.05) is 33.3 Å². The third kappa shape index (κ3) is 3.89. The second-order valence-corrected chi connectivity index (χ2v) is 8.23. The van der Waals surface area contributed by atoms with Gasteiger partial charge in [0.15, 0.2) is 5.96 Å². The van der Waals surface area contributed by atoms with Crippen LogP contribution in [0.2, 0.25) is 5.02 Å². The maximum absolute atomic E-state index is 6.08. The monoisotopic (exact) mass is 401 g/mol. The molecule has 4 rings (SSSR count). The van der Waals surface area contributed by atoms with Crippen molar-refractivity contribution in [2.45, 2.75) is 30.8 Å². The fourth-order valence-electron chi connectivity index (χ4n) is 4.20. The van der Waals surface area contributed by atoms with Crippen LogP contribution in [0.25, 0.3) is 0 Å². The summed E-state index contributed by atoms with van der Waals surface area (Å²) in [7, 11) is 3.78. The Morgan fingerprint density at radius 3 is 2.75 bits per heavy atom. The first-order valence-corrected chi connectivity index (χ1v) is 10.3. The number of aryl methyl sites for hydroxylation is 1. The summed E-state index contributed by atoms with van der Waals surface area (Å²) in [6.45, 7) is 3.18. The fourth-order valence-corrected chi connectivity index (χ4v) is 4.33. The first-order valence-electron chi connectivity index (χ1n) is 9.91. The van der Waals surface area contributed by atoms with E-state index in [0.29, 0.717) is 6.61 Å². The molecule has 0 amide bonds. The molecule has 1 atom stereocenters. The fraction of sp³-hybridized carbons (Fsp3) is 0.524. The summed E-state index contributed by atoms with van der Waals surface area (Å²) in [6, 6.07) is 8.32. The molecule has 1 saturated carbocycles. The molecule has 2 heterocycles. The Morgan fingerprint density at radius 2 is 2.14 bits per heavy atom. The van der Waals surface area contributed by atoms with Gasteiger partial charge in [0.2, 0.25) is 0 Å². The predicted molar refractivity (Wildman–Crippen MR) is 112 cm³/mol. The Bertz CT molecular complexity index is 828. The highest BCUT2D eigenvalue weighted by Gasteiger charge is 2.39. The summed E-state index contributed by atoms with van der Waals surface area (Å²) in [5.74, 6) is 0.942. The van der Waals surface area contributed by atoms with Gasteiger partial charge in [0.1, 0.15) is 6.10 Å². The predicted octanol–water partition coefficient (Wildman–Crippen LogP) is 3.14. The van der Waals surface area contributed by atoms with Gasteiger partial charge in [-0.1, -0.05) is 30.2 Å². The first-order chi connectivity index (χ1) is 13.6. The van der Waals surface area contributed by atoms with Crippen LogP contribution in [0, 0.1) is 0 Å². The second kappa shape index (κ2) is 8.13. The molecule has 1 aromatic carbocycles. The van der Waals surface area contributed by atoms with E-state index < -0.39 is 0 Å². The number of hydrogen-bond donors (Lipinski definition) is 1. The molecule has 0 bridgehead atoms. The molecular weight excluding hydrogens is 374 g/mol. The Labute approximate surface area is 171 Å². The molecule has 150 valence electrons. The van der Waals surface area contributed by atoms with Gasteiger partial charge in [-0.3, -0.25) is 9.67 Å². The van der Waals surface area contributed by atoms with Crippen LogP contribution in [-0.2, 0) is 17.2 Å². The molecule has 2 aliphatic rings. The third-order valence-electron chi connectivity index (χ3n) is 6.03. The molecule has 1 saturated heterocycles. The Kier molecular flexibility index (Phi) is 5.60. The van der Waals surface area contributed by atoms with Crippen molar-refractivity contribution in [3.63, 3.8) is 0 Å². The molecule has 0 spiro atoms. The standard InChI is InChI=1S/C21H28ClN5O/c1-23-20(27-10-11-28-19(14-27)16-12-25-26(2)13-16)24-15-21(8-3-9-21)17-4-6-18(22)7-5-17/h4-7,12-13,19H,3,8-11,14-15H2,1-2H3,(H,23,24). The highest BCUT2D eigenvalue weighted by atomic mass is 35.5. The lowest BCUT2D eigenvalue weighted by atomic mass is 9.64. The zero-order chi connectivity index (χ0) is 19.6. The number of aliphatic imine (C=N–C) groups is 1. The van der Waals surface area contributed by atoms with E-state index in [1.165, 1.54) is 24.8 Å². The highest BCUT2D eigenvalue weighted by molar-refractivity contribution is 6.30. The number of nitrogens with zero attached hydrogens (tertiary/aromatic N) is 4. The van der Waals surface area contributed by atoms with E-state index >= 15 is 0 Å². The maximum Gasteiger partial charge on any atom is 0.193 e. The largest absolute Gasteiger partial charge is 0.370 e. The van der Waals surface area contributed by atoms with Gasteiger partial charge in [-0.15, -0.1) is 0 Å². The van der Waals surface area contributed by atoms with Crippen LogP contribution >= 0.6 is 11.6 Å². The molecule has 1 aliphatic heterocycles. The molecule has 6 nitrogen and oxygen atoms in total. The molecule has 28 heavy (non-hydrogen) atoms. The second-order valence-electron chi connectivity index (χ2n) is 7.79. The average molecular weight is 402 g/mol. The van der Waals surface area contributed by atoms with Crippen LogP contribution in [0.4, 0.5) is 0 Å². The Balaban J connectivity index is 1.42. The number of halogens is 1. The van der Waals surface area contributed by atoms with Crippen LogP contribution in [0.3, 0.4) is 0 Å². The molecule has 2 fully saturated rings. The van der Waals surface area contributed by atoms with Gasteiger partial charge in [0.25, 0.3) is 0 Å². The third-order valence-corrected chi connectivity index (χ3v) is 6.28. The molecule has 1 aromatic heterocycles. The van der Waals surface area contributed by atoms with Crippen molar-refractivity contribution >= 4 is 17.6 Å². The van der Waals surface area contributed by atoms with Crippen molar-refractivity contribution in [1.29, 1.82) is 0 Å². The number of hydrogen-bond acceptors (Lipinski definition) is 3. The van der Waals surface area contributed by atoms with Crippen molar-refractivity contribution in [1.82, 2.24) is 20.0 Å². The molecule has 1 unspecified atom stereocenters. The number of morpholine rings is 1. The SMILES string of the molecule is CN=C(NCC1(c2ccc(Cl)cc2)CCC1)N1CCOC(c2cnn(C)c2)C1. The summed E-state index contributed by atoms with van der Waals surface area (Å²) in [6.07, 6.45) is 7.58. The quantitative estimate of drug-likeness (QED) is 0.631. The molecule has 0 radical (unpaired) electrons. The Morgan fingerprint density at radius 1 is 1.36 bits per heavy atom. The van der Waals surface area contributed by atoms with Gasteiger partial charge in [-0.2, -0.15) is 5.10 Å². The molecule has 2 aromatic rings. The van der Waals surface area contributed by atoms with E-state index in [2.05, 4.69) is 32.4 Å². The van der Waals surface area contributed by atoms with Crippen molar-refractivity contribution < 1.29 is 4.74 Å². The summed E-state index contributed by atoms with van der Waals surface area (Å²) in [5.41, 5.74) is 2.65. The van der Waals surface area contributed by atoms with Crippen molar-refractivity contribution in [3.05, 3.63) is 52.8 Å². The summed E-state index contributed by atoms with van der Waals surface area (Å²) >= 11 is 6.08. The normalized spacial score (nSPS) is 22.0. The summed E-state index contributed by atoms with van der Waals surface area (Å²) < 4.78 is 7.79. The van der Waals surface area contributed by atoms with E-state index in [0.717, 1.165) is 36.2 Å². The lowest BCUT2D eigenvalue weighted by Crippen LogP contribution is -2.52. The van der Waals surface area contributed by atoms with Gasteiger partial charge >= 0.3 is 0 Å². The number of aromatic nitrogens is 2. The molecule has 1 N–H and O–H groups in total. The zero-order valence-electron chi connectivity index (χ0n) is 16.6. The minimum absolute atomic E-state index is 0.0231. The molecule has 7 heteroatoms. The average Bonchev–Trinajstić information content (AvgIpc) is 3.12. The smallest absolute Gasteiger partial charge is 0.193 e. The van der Waals surface area contributed by atoms with Crippen LogP contribution in [0.15, 0.2) is 41.7 Å². The zero-order valence-corrected chi connectivity index (χ0v) is 17.3. The number of rotatable bonds is 4. The van der Waals surface area contributed by atoms with Crippen LogP contribution < -0.4 is 5.32 Å². The number of guanidine groups is 1. The van der Waals surface area contributed by atoms with Crippen LogP contribution in [0.5, 0.6) is 0 Å². The highest BCUT2D eigenvalue weighted by Crippen LogP contribution is 2.43. The maximum atomic E-state index is 6.08. The van der Waals surface area contributed by atoms with E-state index in [-0.39, 0.29) is 11.5 Å². The minimum atomic E-state index is 0.0231. The topological polar surface area (TPSA) is 54.7 Å². The van der Waals surface area contributed by atoms with E-state index in [1.54, 1.807) is 0 Å². The number of benzene rings is 1. The lowest BCUT2D eigenvalue weighted by Gasteiger charge is -2.44. The van der Waals surface area contributed by atoms with Crippen molar-refractivity contribution in [2.24, 2.45) is 12.0 Å². The molecular formula is C21H28ClN5O. The van der Waals surface area contributed by atoms with Crippen LogP contribution in [0.1, 0.15) is 36.5 Å². The van der Waals surface area contributed by atoms with Gasteiger partial charge in [0.05, 0.1) is 19.3 Å². The lowest BCUT2D eigenvalue weighted by molar-refractivity contribution is -0.00820. The van der Waals surface area contributed by atoms with Gasteiger partial charge < -0.3 is 15.0 Å². The van der Waals surface area contributed by atoms with E-state index in [9.17, 15) is 0 Å². The van der Waals surface area contributed by atoms with Gasteiger partial charge in [-0.25, -0.2) is 0 Å². The minimum Gasteiger partial charge on any atom is -0.370 e. The van der Waals surface area contributed by atoms with Crippen molar-refractivity contribution in [3.8, 4) is 0 Å². The molecule has 1 aliphatic carbocycles. The van der Waals surface area contributed by atoms with E-state index in [4.69, 9.17) is 16.3 Å². The Hall–Kier alpha value is -2.05. The first kappa shape index (κ1) is 19.3. The van der Waals surface area contributed by atoms with Crippen LogP contribution in [-0.4, -0.2) is 53.9 Å². The van der Waals surface area contributed by atoms with Gasteiger partial charge in [0, 0.05) is 49.4 Å².